The Labute approximate surface area is 225 Å². The van der Waals surface area contributed by atoms with Gasteiger partial charge in [0.05, 0.1) is 16.8 Å². The van der Waals surface area contributed by atoms with Crippen molar-refractivity contribution in [1.29, 1.82) is 0 Å². The molecule has 0 aliphatic carbocycles. The van der Waals surface area contributed by atoms with E-state index in [2.05, 4.69) is 114 Å². The fourth-order valence-corrected chi connectivity index (χ4v) is 5.82. The van der Waals surface area contributed by atoms with Crippen LogP contribution in [0.2, 0.25) is 0 Å². The zero-order valence-corrected chi connectivity index (χ0v) is 21.0. The molecule has 8 aromatic rings. The first-order chi connectivity index (χ1) is 19.4. The Kier molecular flexibility index (Phi) is 4.82. The van der Waals surface area contributed by atoms with E-state index in [1.165, 1.54) is 0 Å². The summed E-state index contributed by atoms with van der Waals surface area (Å²) < 4.78 is 12.5. The topological polar surface area (TPSA) is 29.5 Å². The first-order valence-electron chi connectivity index (χ1n) is 13.1. The van der Waals surface area contributed by atoms with Crippen molar-refractivity contribution in [2.24, 2.45) is 0 Å². The number of rotatable bonds is 4. The second-order valence-electron chi connectivity index (χ2n) is 9.71. The summed E-state index contributed by atoms with van der Waals surface area (Å²) in [6.07, 6.45) is 0. The highest BCUT2D eigenvalue weighted by Gasteiger charge is 2.23. The van der Waals surface area contributed by atoms with Gasteiger partial charge in [0, 0.05) is 27.4 Å². The molecule has 0 aliphatic heterocycles. The van der Waals surface area contributed by atoms with Gasteiger partial charge in [-0.15, -0.1) is 0 Å². The molecule has 184 valence electrons. The summed E-state index contributed by atoms with van der Waals surface area (Å²) in [5.41, 5.74) is 9.03. The highest BCUT2D eigenvalue weighted by Crippen LogP contribution is 2.47. The van der Waals surface area contributed by atoms with Gasteiger partial charge in [0.1, 0.15) is 22.3 Å². The number of furan rings is 2. The highest BCUT2D eigenvalue weighted by molar-refractivity contribution is 6.16. The van der Waals surface area contributed by atoms with Crippen molar-refractivity contribution in [3.8, 4) is 11.1 Å². The molecule has 0 bridgehead atoms. The van der Waals surface area contributed by atoms with Crippen LogP contribution in [-0.2, 0) is 0 Å². The Morgan fingerprint density at radius 2 is 0.872 bits per heavy atom. The third-order valence-electron chi connectivity index (χ3n) is 7.47. The van der Waals surface area contributed by atoms with Crippen LogP contribution >= 0.6 is 0 Å². The van der Waals surface area contributed by atoms with E-state index < -0.39 is 0 Å². The van der Waals surface area contributed by atoms with Crippen LogP contribution in [0.5, 0.6) is 0 Å². The maximum Gasteiger partial charge on any atom is 0.137 e. The number of benzene rings is 6. The molecule has 3 nitrogen and oxygen atoms in total. The van der Waals surface area contributed by atoms with Gasteiger partial charge in [-0.2, -0.15) is 0 Å². The second-order valence-corrected chi connectivity index (χ2v) is 9.71. The van der Waals surface area contributed by atoms with Crippen LogP contribution in [0.1, 0.15) is 0 Å². The van der Waals surface area contributed by atoms with Crippen molar-refractivity contribution in [3.63, 3.8) is 0 Å². The molecule has 0 atom stereocenters. The fraction of sp³-hybridized carbons (Fsp3) is 0. The average Bonchev–Trinajstić information content (AvgIpc) is 3.57. The van der Waals surface area contributed by atoms with Crippen LogP contribution in [0.15, 0.2) is 148 Å². The number of hydrogen-bond donors (Lipinski definition) is 0. The molecule has 0 fully saturated rings. The van der Waals surface area contributed by atoms with E-state index in [0.29, 0.717) is 0 Å². The zero-order chi connectivity index (χ0) is 25.8. The number of nitrogens with zero attached hydrogens (tertiary/aromatic N) is 1. The van der Waals surface area contributed by atoms with Crippen LogP contribution in [-0.4, -0.2) is 0 Å². The molecule has 8 rings (SSSR count). The van der Waals surface area contributed by atoms with E-state index in [0.717, 1.165) is 72.1 Å². The first-order valence-corrected chi connectivity index (χ1v) is 13.1. The minimum atomic E-state index is 0.870. The van der Waals surface area contributed by atoms with Crippen LogP contribution in [0.25, 0.3) is 55.0 Å². The van der Waals surface area contributed by atoms with E-state index in [-0.39, 0.29) is 0 Å². The number of anilines is 3. The Bertz CT molecular complexity index is 2140. The Morgan fingerprint density at radius 1 is 0.359 bits per heavy atom. The molecule has 0 saturated carbocycles. The predicted octanol–water partition coefficient (Wildman–Crippen LogP) is 10.6. The maximum absolute atomic E-state index is 6.29. The number of fused-ring (bicyclic) bond motifs is 6. The lowest BCUT2D eigenvalue weighted by Gasteiger charge is -2.28. The molecule has 0 radical (unpaired) electrons. The van der Waals surface area contributed by atoms with Crippen molar-refractivity contribution < 1.29 is 8.83 Å². The van der Waals surface area contributed by atoms with Gasteiger partial charge in [0.2, 0.25) is 0 Å². The summed E-state index contributed by atoms with van der Waals surface area (Å²) >= 11 is 0. The average molecular weight is 502 g/mol. The SMILES string of the molecule is c1ccc(N(c2ccccc2-c2cccc3oc4ccccc4c23)c2cccc3oc4ccccc4c23)cc1. The van der Waals surface area contributed by atoms with Crippen LogP contribution in [0, 0.1) is 0 Å². The summed E-state index contributed by atoms with van der Waals surface area (Å²) in [5.74, 6) is 0. The Balaban J connectivity index is 1.46. The summed E-state index contributed by atoms with van der Waals surface area (Å²) in [4.78, 5) is 2.35. The molecule has 0 saturated heterocycles. The van der Waals surface area contributed by atoms with Crippen LogP contribution in [0.4, 0.5) is 17.1 Å². The van der Waals surface area contributed by atoms with Crippen molar-refractivity contribution in [1.82, 2.24) is 0 Å². The van der Waals surface area contributed by atoms with E-state index >= 15 is 0 Å². The molecule has 2 heterocycles. The quantitative estimate of drug-likeness (QED) is 0.240. The Hall–Kier alpha value is -5.28. The highest BCUT2D eigenvalue weighted by atomic mass is 16.3. The third-order valence-corrected chi connectivity index (χ3v) is 7.47. The van der Waals surface area contributed by atoms with Crippen molar-refractivity contribution >= 4 is 60.9 Å². The summed E-state index contributed by atoms with van der Waals surface area (Å²) in [6, 6.07) is 48.3. The predicted molar refractivity (Wildman–Crippen MR) is 161 cm³/mol. The lowest BCUT2D eigenvalue weighted by Crippen LogP contribution is -2.11. The normalized spacial score (nSPS) is 11.6. The number of para-hydroxylation sites is 4. The fourth-order valence-electron chi connectivity index (χ4n) is 5.82. The number of hydrogen-bond acceptors (Lipinski definition) is 3. The van der Waals surface area contributed by atoms with E-state index in [4.69, 9.17) is 8.83 Å². The van der Waals surface area contributed by atoms with Crippen molar-refractivity contribution in [2.75, 3.05) is 4.90 Å². The monoisotopic (exact) mass is 501 g/mol. The van der Waals surface area contributed by atoms with Gasteiger partial charge in [0.25, 0.3) is 0 Å². The Morgan fingerprint density at radius 3 is 1.64 bits per heavy atom. The summed E-state index contributed by atoms with van der Waals surface area (Å²) in [7, 11) is 0. The maximum atomic E-state index is 6.29. The summed E-state index contributed by atoms with van der Waals surface area (Å²) in [6.45, 7) is 0. The lowest BCUT2D eigenvalue weighted by atomic mass is 9.96. The minimum absolute atomic E-state index is 0.870. The molecule has 0 unspecified atom stereocenters. The molecule has 0 spiro atoms. The van der Waals surface area contributed by atoms with Gasteiger partial charge < -0.3 is 13.7 Å². The standard InChI is InChI=1S/C36H23NO2/c1-2-12-24(13-3-1)37(30-19-11-23-34-36(30)28-16-6-9-21-32(28)39-34)29-18-7-4-14-25(29)26-17-10-22-33-35(26)27-15-5-8-20-31(27)38-33/h1-23H. The molecule has 0 aliphatic rings. The lowest BCUT2D eigenvalue weighted by molar-refractivity contribution is 0.668. The smallest absolute Gasteiger partial charge is 0.137 e. The molecule has 39 heavy (non-hydrogen) atoms. The van der Waals surface area contributed by atoms with Crippen LogP contribution in [0.3, 0.4) is 0 Å². The van der Waals surface area contributed by atoms with Crippen molar-refractivity contribution in [2.45, 2.75) is 0 Å². The van der Waals surface area contributed by atoms with E-state index in [9.17, 15) is 0 Å². The molecule has 0 N–H and O–H groups in total. The molecule has 6 aromatic carbocycles. The van der Waals surface area contributed by atoms with Crippen LogP contribution < -0.4 is 4.90 Å². The zero-order valence-electron chi connectivity index (χ0n) is 21.0. The van der Waals surface area contributed by atoms with Gasteiger partial charge in [-0.1, -0.05) is 91.0 Å². The van der Waals surface area contributed by atoms with Crippen molar-refractivity contribution in [3.05, 3.63) is 140 Å². The molecule has 3 heteroatoms. The first kappa shape index (κ1) is 21.8. The van der Waals surface area contributed by atoms with Gasteiger partial charge in [-0.3, -0.25) is 0 Å². The van der Waals surface area contributed by atoms with Gasteiger partial charge >= 0.3 is 0 Å². The molecular formula is C36H23NO2. The van der Waals surface area contributed by atoms with Gasteiger partial charge in [-0.25, -0.2) is 0 Å². The second kappa shape index (κ2) is 8.64. The third kappa shape index (κ3) is 3.37. The summed E-state index contributed by atoms with van der Waals surface area (Å²) in [5, 5.41) is 4.44. The molecule has 2 aromatic heterocycles. The van der Waals surface area contributed by atoms with Gasteiger partial charge in [-0.05, 0) is 54.1 Å². The van der Waals surface area contributed by atoms with E-state index in [1.807, 2.05) is 30.3 Å². The largest absolute Gasteiger partial charge is 0.456 e. The molecule has 0 amide bonds. The molecular weight excluding hydrogens is 478 g/mol. The van der Waals surface area contributed by atoms with E-state index in [1.54, 1.807) is 0 Å². The van der Waals surface area contributed by atoms with Gasteiger partial charge in [0.15, 0.2) is 0 Å². The minimum Gasteiger partial charge on any atom is -0.456 e.